The van der Waals surface area contributed by atoms with Crippen molar-refractivity contribution in [1.29, 1.82) is 0 Å². The maximum Gasteiger partial charge on any atom is 0.228 e. The zero-order chi connectivity index (χ0) is 12.3. The van der Waals surface area contributed by atoms with Gasteiger partial charge in [-0.15, -0.1) is 0 Å². The second-order valence-corrected chi connectivity index (χ2v) is 5.60. The first kappa shape index (κ1) is 12.6. The topological polar surface area (TPSA) is 42.0 Å². The fourth-order valence-corrected chi connectivity index (χ4v) is 2.57. The second kappa shape index (κ2) is 5.63. The minimum atomic E-state index is 0.113. The van der Waals surface area contributed by atoms with Gasteiger partial charge in [0.25, 0.3) is 0 Å². The number of carbonyl (C=O) groups excluding carboxylic acids is 1. The van der Waals surface area contributed by atoms with E-state index in [1.165, 1.54) is 0 Å². The molecular weight excluding hydrogens is 280 g/mol. The Morgan fingerprint density at radius 3 is 2.71 bits per heavy atom. The Bertz CT molecular complexity index is 400. The molecule has 0 saturated heterocycles. The van der Waals surface area contributed by atoms with Crippen LogP contribution in [0.15, 0.2) is 22.8 Å². The molecule has 92 valence electrons. The number of aromatic nitrogens is 1. The van der Waals surface area contributed by atoms with Crippen molar-refractivity contribution in [3.8, 4) is 0 Å². The van der Waals surface area contributed by atoms with Crippen molar-refractivity contribution in [2.75, 3.05) is 5.32 Å². The number of hydrogen-bond acceptors (Lipinski definition) is 2. The van der Waals surface area contributed by atoms with E-state index < -0.39 is 0 Å². The van der Waals surface area contributed by atoms with Gasteiger partial charge in [-0.3, -0.25) is 4.79 Å². The third-order valence-corrected chi connectivity index (χ3v) is 3.79. The number of anilines is 1. The molecule has 4 heteroatoms. The Hall–Kier alpha value is -0.900. The fraction of sp³-hybridized carbons (Fsp3) is 0.538. The molecule has 1 aromatic rings. The van der Waals surface area contributed by atoms with Gasteiger partial charge in [-0.2, -0.15) is 0 Å². The largest absolute Gasteiger partial charge is 0.310 e. The van der Waals surface area contributed by atoms with E-state index in [2.05, 4.69) is 33.2 Å². The number of carbonyl (C=O) groups is 1. The summed E-state index contributed by atoms with van der Waals surface area (Å²) in [5.41, 5.74) is 0. The average molecular weight is 297 g/mol. The maximum absolute atomic E-state index is 12.0. The molecule has 0 aliphatic heterocycles. The van der Waals surface area contributed by atoms with Crippen molar-refractivity contribution in [1.82, 2.24) is 4.98 Å². The third-order valence-electron chi connectivity index (χ3n) is 3.35. The van der Waals surface area contributed by atoms with E-state index in [4.69, 9.17) is 0 Å². The number of nitrogens with zero attached hydrogens (tertiary/aromatic N) is 1. The van der Waals surface area contributed by atoms with Crippen LogP contribution < -0.4 is 5.32 Å². The number of halogens is 1. The number of rotatable bonds is 2. The number of nitrogens with one attached hydrogen (secondary N) is 1. The van der Waals surface area contributed by atoms with Crippen LogP contribution in [0.3, 0.4) is 0 Å². The van der Waals surface area contributed by atoms with Crippen LogP contribution in [0.4, 0.5) is 5.82 Å². The van der Waals surface area contributed by atoms with Crippen LogP contribution in [-0.4, -0.2) is 10.9 Å². The maximum atomic E-state index is 12.0. The molecule has 1 aromatic heterocycles. The van der Waals surface area contributed by atoms with Gasteiger partial charge in [0.2, 0.25) is 5.91 Å². The van der Waals surface area contributed by atoms with E-state index in [0.29, 0.717) is 5.82 Å². The van der Waals surface area contributed by atoms with Gasteiger partial charge in [0, 0.05) is 5.92 Å². The molecule has 1 amide bonds. The zero-order valence-corrected chi connectivity index (χ0v) is 11.5. The van der Waals surface area contributed by atoms with Crippen LogP contribution >= 0.6 is 15.9 Å². The highest BCUT2D eigenvalue weighted by molar-refractivity contribution is 9.10. The molecule has 1 N–H and O–H groups in total. The first-order chi connectivity index (χ1) is 8.15. The van der Waals surface area contributed by atoms with E-state index in [1.807, 2.05) is 18.2 Å². The summed E-state index contributed by atoms with van der Waals surface area (Å²) >= 11 is 3.29. The summed E-state index contributed by atoms with van der Waals surface area (Å²) in [4.78, 5) is 16.2. The van der Waals surface area contributed by atoms with Crippen molar-refractivity contribution >= 4 is 27.7 Å². The molecule has 1 heterocycles. The Balaban J connectivity index is 1.93. The van der Waals surface area contributed by atoms with Crippen LogP contribution in [0.25, 0.3) is 0 Å². The van der Waals surface area contributed by atoms with E-state index in [1.54, 1.807) is 0 Å². The van der Waals surface area contributed by atoms with Gasteiger partial charge < -0.3 is 5.32 Å². The summed E-state index contributed by atoms with van der Waals surface area (Å²) in [5.74, 6) is 1.67. The normalized spacial score (nSPS) is 24.4. The summed E-state index contributed by atoms with van der Waals surface area (Å²) in [7, 11) is 0. The summed E-state index contributed by atoms with van der Waals surface area (Å²) in [6.45, 7) is 2.25. The van der Waals surface area contributed by atoms with Crippen molar-refractivity contribution in [3.05, 3.63) is 22.8 Å². The summed E-state index contributed by atoms with van der Waals surface area (Å²) < 4.78 is 0.743. The first-order valence-corrected chi connectivity index (χ1v) is 6.88. The summed E-state index contributed by atoms with van der Waals surface area (Å²) in [5, 5.41) is 2.89. The van der Waals surface area contributed by atoms with Gasteiger partial charge in [-0.1, -0.05) is 13.0 Å². The Kier molecular flexibility index (Phi) is 4.15. The molecule has 1 aliphatic rings. The molecule has 0 radical (unpaired) electrons. The van der Waals surface area contributed by atoms with Crippen LogP contribution in [0.5, 0.6) is 0 Å². The molecule has 1 saturated carbocycles. The van der Waals surface area contributed by atoms with Gasteiger partial charge in [-0.25, -0.2) is 4.98 Å². The molecule has 0 spiro atoms. The molecule has 0 unspecified atom stereocenters. The molecule has 1 fully saturated rings. The summed E-state index contributed by atoms with van der Waals surface area (Å²) in [6.07, 6.45) is 4.32. The van der Waals surface area contributed by atoms with Gasteiger partial charge in [0.1, 0.15) is 10.4 Å². The van der Waals surface area contributed by atoms with E-state index in [9.17, 15) is 4.79 Å². The molecule has 1 aliphatic carbocycles. The Morgan fingerprint density at radius 2 is 2.06 bits per heavy atom. The Morgan fingerprint density at radius 1 is 1.35 bits per heavy atom. The van der Waals surface area contributed by atoms with E-state index in [-0.39, 0.29) is 11.8 Å². The van der Waals surface area contributed by atoms with Gasteiger partial charge >= 0.3 is 0 Å². The van der Waals surface area contributed by atoms with Crippen molar-refractivity contribution in [3.63, 3.8) is 0 Å². The van der Waals surface area contributed by atoms with Crippen molar-refractivity contribution < 1.29 is 4.79 Å². The highest BCUT2D eigenvalue weighted by Crippen LogP contribution is 2.29. The molecule has 2 rings (SSSR count). The highest BCUT2D eigenvalue weighted by Gasteiger charge is 2.24. The molecule has 0 atom stereocenters. The van der Waals surface area contributed by atoms with Crippen LogP contribution in [0.1, 0.15) is 32.6 Å². The molecular formula is C13H17BrN2O. The SMILES string of the molecule is CC1CCC(C(=O)Nc2cccc(Br)n2)CC1. The quantitative estimate of drug-likeness (QED) is 0.847. The molecule has 0 bridgehead atoms. The number of pyridine rings is 1. The second-order valence-electron chi connectivity index (χ2n) is 4.79. The average Bonchev–Trinajstić information content (AvgIpc) is 2.29. The minimum Gasteiger partial charge on any atom is -0.310 e. The molecule has 17 heavy (non-hydrogen) atoms. The third kappa shape index (κ3) is 3.53. The van der Waals surface area contributed by atoms with Crippen LogP contribution in [0, 0.1) is 11.8 Å². The van der Waals surface area contributed by atoms with E-state index in [0.717, 1.165) is 36.2 Å². The molecule has 3 nitrogen and oxygen atoms in total. The zero-order valence-electron chi connectivity index (χ0n) is 9.95. The van der Waals surface area contributed by atoms with E-state index >= 15 is 0 Å². The predicted octanol–water partition coefficient (Wildman–Crippen LogP) is 3.61. The lowest BCUT2D eigenvalue weighted by atomic mass is 9.82. The van der Waals surface area contributed by atoms with Crippen LogP contribution in [0.2, 0.25) is 0 Å². The smallest absolute Gasteiger partial charge is 0.228 e. The number of hydrogen-bond donors (Lipinski definition) is 1. The van der Waals surface area contributed by atoms with Crippen LogP contribution in [-0.2, 0) is 4.79 Å². The number of amides is 1. The highest BCUT2D eigenvalue weighted by atomic mass is 79.9. The Labute approximate surface area is 110 Å². The fourth-order valence-electron chi connectivity index (χ4n) is 2.23. The minimum absolute atomic E-state index is 0.113. The summed E-state index contributed by atoms with van der Waals surface area (Å²) in [6, 6.07) is 5.53. The standard InChI is InChI=1S/C13H17BrN2O/c1-9-5-7-10(8-6-9)13(17)16-12-4-2-3-11(14)15-12/h2-4,9-10H,5-8H2,1H3,(H,15,16,17). The van der Waals surface area contributed by atoms with Gasteiger partial charge in [0.15, 0.2) is 0 Å². The van der Waals surface area contributed by atoms with Gasteiger partial charge in [0.05, 0.1) is 0 Å². The van der Waals surface area contributed by atoms with Crippen molar-refractivity contribution in [2.24, 2.45) is 11.8 Å². The van der Waals surface area contributed by atoms with Crippen molar-refractivity contribution in [2.45, 2.75) is 32.6 Å². The lowest BCUT2D eigenvalue weighted by Gasteiger charge is -2.25. The monoisotopic (exact) mass is 296 g/mol. The molecule has 0 aromatic carbocycles. The van der Waals surface area contributed by atoms with Gasteiger partial charge in [-0.05, 0) is 59.7 Å². The lowest BCUT2D eigenvalue weighted by Crippen LogP contribution is -2.26. The first-order valence-electron chi connectivity index (χ1n) is 6.08. The lowest BCUT2D eigenvalue weighted by molar-refractivity contribution is -0.121. The predicted molar refractivity (Wildman–Crippen MR) is 71.7 cm³/mol.